The molecule has 0 aliphatic heterocycles. The van der Waals surface area contributed by atoms with E-state index in [1.165, 1.54) is 18.6 Å². The van der Waals surface area contributed by atoms with Crippen molar-refractivity contribution < 1.29 is 18.3 Å². The van der Waals surface area contributed by atoms with E-state index in [1.54, 1.807) is 54.6 Å². The lowest BCUT2D eigenvalue weighted by Gasteiger charge is -2.29. The molecule has 1 fully saturated rings. The summed E-state index contributed by atoms with van der Waals surface area (Å²) in [5.41, 5.74) is 8.63. The number of rotatable bonds is 9. The Morgan fingerprint density at radius 3 is 2.37 bits per heavy atom. The highest BCUT2D eigenvalue weighted by Gasteiger charge is 2.29. The molecular formula is C29H34N4O4S. The topological polar surface area (TPSA) is 159 Å². The fourth-order valence-electron chi connectivity index (χ4n) is 5.30. The average Bonchev–Trinajstić information content (AvgIpc) is 2.90. The summed E-state index contributed by atoms with van der Waals surface area (Å²) in [5.74, 6) is 0.00850. The molecule has 7 N–H and O–H groups in total. The molecule has 1 aliphatic carbocycles. The Morgan fingerprint density at radius 1 is 1.03 bits per heavy atom. The highest BCUT2D eigenvalue weighted by molar-refractivity contribution is 7.89. The summed E-state index contributed by atoms with van der Waals surface area (Å²) in [5, 5.41) is 26.5. The number of primary sulfonamides is 1. The predicted molar refractivity (Wildman–Crippen MR) is 149 cm³/mol. The van der Waals surface area contributed by atoms with Gasteiger partial charge in [0.05, 0.1) is 4.90 Å². The number of nitrogens with one attached hydrogen (secondary N) is 2. The van der Waals surface area contributed by atoms with Gasteiger partial charge in [-0.05, 0) is 79.1 Å². The molecular weight excluding hydrogens is 500 g/mol. The second-order valence-electron chi connectivity index (χ2n) is 9.91. The molecule has 1 atom stereocenters. The monoisotopic (exact) mass is 534 g/mol. The molecule has 0 aromatic heterocycles. The van der Waals surface area contributed by atoms with Crippen LogP contribution in [-0.2, 0) is 21.2 Å². The molecule has 0 heterocycles. The molecule has 4 rings (SSSR count). The number of sulfonamides is 1. The van der Waals surface area contributed by atoms with Gasteiger partial charge in [-0.25, -0.2) is 13.6 Å². The van der Waals surface area contributed by atoms with Crippen molar-refractivity contribution >= 4 is 27.5 Å². The number of aryl methyl sites for hydroxylation is 1. The molecule has 1 amide bonds. The molecule has 8 nitrogen and oxygen atoms in total. The fraction of sp³-hybridized carbons (Fsp3) is 0.310. The number of benzene rings is 3. The van der Waals surface area contributed by atoms with E-state index in [4.69, 9.17) is 16.3 Å². The number of carbonyl (C=O) groups is 1. The molecule has 1 aliphatic rings. The highest BCUT2D eigenvalue weighted by Crippen LogP contribution is 2.35. The molecule has 3 aromatic rings. The van der Waals surface area contributed by atoms with Gasteiger partial charge in [-0.15, -0.1) is 0 Å². The van der Waals surface area contributed by atoms with Gasteiger partial charge in [0.15, 0.2) is 0 Å². The Morgan fingerprint density at radius 2 is 1.71 bits per heavy atom. The molecule has 1 saturated carbocycles. The third kappa shape index (κ3) is 6.59. The molecule has 1 unspecified atom stereocenters. The number of hydrogen-bond donors (Lipinski definition) is 5. The number of nitrogen functional groups attached to an aromatic ring is 1. The maximum absolute atomic E-state index is 13.5. The summed E-state index contributed by atoms with van der Waals surface area (Å²) < 4.78 is 24.0. The third-order valence-corrected chi connectivity index (χ3v) is 8.30. The second-order valence-corrected chi connectivity index (χ2v) is 11.4. The molecule has 0 bridgehead atoms. The van der Waals surface area contributed by atoms with E-state index >= 15 is 0 Å². The lowest BCUT2D eigenvalue weighted by molar-refractivity contribution is -0.122. The number of amidine groups is 1. The van der Waals surface area contributed by atoms with Crippen molar-refractivity contribution in [3.63, 3.8) is 0 Å². The summed E-state index contributed by atoms with van der Waals surface area (Å²) in [4.78, 5) is 13.6. The van der Waals surface area contributed by atoms with E-state index in [1.807, 2.05) is 0 Å². The lowest BCUT2D eigenvalue weighted by atomic mass is 9.77. The van der Waals surface area contributed by atoms with Gasteiger partial charge in [-0.2, -0.15) is 0 Å². The smallest absolute Gasteiger partial charge is 0.238 e. The molecule has 0 saturated heterocycles. The Labute approximate surface area is 223 Å². The average molecular weight is 535 g/mol. The number of phenolic OH excluding ortho intramolecular Hbond substituents is 1. The van der Waals surface area contributed by atoms with Crippen molar-refractivity contribution in [2.75, 3.05) is 5.32 Å². The Bertz CT molecular complexity index is 1410. The Balaban J connectivity index is 1.52. The largest absolute Gasteiger partial charge is 0.508 e. The van der Waals surface area contributed by atoms with E-state index in [-0.39, 0.29) is 34.2 Å². The maximum atomic E-state index is 13.5. The molecule has 3 aromatic carbocycles. The van der Waals surface area contributed by atoms with Gasteiger partial charge in [0.25, 0.3) is 0 Å². The molecule has 38 heavy (non-hydrogen) atoms. The second kappa shape index (κ2) is 11.8. The van der Waals surface area contributed by atoms with Gasteiger partial charge >= 0.3 is 0 Å². The van der Waals surface area contributed by atoms with E-state index in [0.717, 1.165) is 25.7 Å². The van der Waals surface area contributed by atoms with Gasteiger partial charge in [0.2, 0.25) is 15.9 Å². The first-order chi connectivity index (χ1) is 18.1. The van der Waals surface area contributed by atoms with E-state index < -0.39 is 10.0 Å². The minimum Gasteiger partial charge on any atom is -0.508 e. The number of nitrogens with two attached hydrogens (primary N) is 2. The van der Waals surface area contributed by atoms with Gasteiger partial charge < -0.3 is 16.2 Å². The number of hydrogen-bond acceptors (Lipinski definition) is 5. The van der Waals surface area contributed by atoms with E-state index in [2.05, 4.69) is 5.32 Å². The van der Waals surface area contributed by atoms with Crippen LogP contribution in [0.4, 0.5) is 5.69 Å². The first-order valence-corrected chi connectivity index (χ1v) is 14.4. The fourth-order valence-corrected chi connectivity index (χ4v) is 6.06. The zero-order valence-electron chi connectivity index (χ0n) is 21.2. The minimum atomic E-state index is -3.88. The first kappa shape index (κ1) is 27.3. The minimum absolute atomic E-state index is 0.0474. The van der Waals surface area contributed by atoms with Crippen LogP contribution >= 0.6 is 0 Å². The van der Waals surface area contributed by atoms with E-state index in [0.29, 0.717) is 40.8 Å². The quantitative estimate of drug-likeness (QED) is 0.197. The summed E-state index contributed by atoms with van der Waals surface area (Å²) in [7, 11) is -3.88. The van der Waals surface area contributed by atoms with Crippen molar-refractivity contribution in [3.05, 3.63) is 77.9 Å². The van der Waals surface area contributed by atoms with Gasteiger partial charge in [0.1, 0.15) is 11.6 Å². The summed E-state index contributed by atoms with van der Waals surface area (Å²) in [6.45, 7) is 0. The number of phenols is 1. The van der Waals surface area contributed by atoms with Gasteiger partial charge in [0, 0.05) is 22.7 Å². The summed E-state index contributed by atoms with van der Waals surface area (Å²) in [6.07, 6.45) is 6.39. The van der Waals surface area contributed by atoms with Gasteiger partial charge in [-0.1, -0.05) is 49.6 Å². The zero-order valence-corrected chi connectivity index (χ0v) is 22.0. The van der Waals surface area contributed by atoms with Crippen LogP contribution in [0.3, 0.4) is 0 Å². The number of anilines is 1. The van der Waals surface area contributed by atoms with Gasteiger partial charge in [-0.3, -0.25) is 10.2 Å². The predicted octanol–water partition coefficient (Wildman–Crippen LogP) is 4.76. The third-order valence-electron chi connectivity index (χ3n) is 7.33. The number of aromatic hydroxyl groups is 1. The van der Waals surface area contributed by atoms with Crippen LogP contribution in [0.25, 0.3) is 11.1 Å². The lowest BCUT2D eigenvalue weighted by Crippen LogP contribution is -2.31. The van der Waals surface area contributed by atoms with Crippen LogP contribution in [0.1, 0.15) is 49.7 Å². The standard InChI is InChI=1S/C29H34N4O4S/c30-28(31)22-13-17-26(34)21(18-22)12-16-25(19-6-2-1-3-7-19)29(35)33-23-14-10-20(11-15-23)24-8-4-5-9-27(24)38(32,36)37/h4-5,8-11,13-15,17-19,25,34H,1-3,6-7,12,16H2,(H3,30,31)(H,33,35)(H2,32,36,37). The van der Waals surface area contributed by atoms with Crippen molar-refractivity contribution in [1.82, 2.24) is 0 Å². The van der Waals surface area contributed by atoms with Crippen molar-refractivity contribution in [2.24, 2.45) is 22.7 Å². The molecule has 0 radical (unpaired) electrons. The van der Waals surface area contributed by atoms with Crippen LogP contribution in [-0.4, -0.2) is 25.3 Å². The normalized spacial score (nSPS) is 15.1. The molecule has 9 heteroatoms. The van der Waals surface area contributed by atoms with Crippen molar-refractivity contribution in [3.8, 4) is 16.9 Å². The van der Waals surface area contributed by atoms with Crippen LogP contribution in [0.15, 0.2) is 71.6 Å². The summed E-state index contributed by atoms with van der Waals surface area (Å²) >= 11 is 0. The zero-order chi connectivity index (χ0) is 27.3. The van der Waals surface area contributed by atoms with E-state index in [9.17, 15) is 18.3 Å². The number of amides is 1. The summed E-state index contributed by atoms with van der Waals surface area (Å²) in [6, 6.07) is 18.4. The first-order valence-electron chi connectivity index (χ1n) is 12.8. The maximum Gasteiger partial charge on any atom is 0.238 e. The highest BCUT2D eigenvalue weighted by atomic mass is 32.2. The van der Waals surface area contributed by atoms with Crippen LogP contribution in [0.5, 0.6) is 5.75 Å². The van der Waals surface area contributed by atoms with Crippen LogP contribution in [0.2, 0.25) is 0 Å². The van der Waals surface area contributed by atoms with Crippen LogP contribution < -0.4 is 16.2 Å². The molecule has 0 spiro atoms. The van der Waals surface area contributed by atoms with Crippen molar-refractivity contribution in [2.45, 2.75) is 49.8 Å². The van der Waals surface area contributed by atoms with Crippen molar-refractivity contribution in [1.29, 1.82) is 5.41 Å². The SMILES string of the molecule is N=C(N)c1ccc(O)c(CCC(C(=O)Nc2ccc(-c3ccccc3S(N)(=O)=O)cc2)C2CCCCC2)c1. The Hall–Kier alpha value is -3.69. The van der Waals surface area contributed by atoms with Crippen LogP contribution in [0, 0.1) is 17.2 Å². The molecule has 200 valence electrons. The Kier molecular flexibility index (Phi) is 8.48. The number of carbonyl (C=O) groups excluding carboxylic acids is 1.